The third-order valence-electron chi connectivity index (χ3n) is 9.38. The van der Waals surface area contributed by atoms with Gasteiger partial charge in [0.2, 0.25) is 0 Å². The van der Waals surface area contributed by atoms with Crippen molar-refractivity contribution in [3.05, 3.63) is 23.8 Å². The van der Waals surface area contributed by atoms with Crippen molar-refractivity contribution >= 4 is 19.4 Å². The highest BCUT2D eigenvalue weighted by Gasteiger charge is 2.75. The lowest BCUT2D eigenvalue weighted by molar-refractivity contribution is -0.219. The van der Waals surface area contributed by atoms with Crippen molar-refractivity contribution in [1.29, 1.82) is 0 Å². The highest BCUT2D eigenvalue weighted by molar-refractivity contribution is 7.47. The zero-order valence-corrected chi connectivity index (χ0v) is 21.2. The van der Waals surface area contributed by atoms with Crippen LogP contribution in [0.5, 0.6) is 0 Å². The molecule has 196 valence electrons. The summed E-state index contributed by atoms with van der Waals surface area (Å²) in [6.45, 7) is 3.92. The Labute approximate surface area is 204 Å². The molecule has 0 aromatic heterocycles. The molecule has 1 unspecified atom stereocenters. The summed E-state index contributed by atoms with van der Waals surface area (Å²) >= 11 is 0. The first-order valence-corrected chi connectivity index (χ1v) is 13.6. The standard InChI is InChI=1S/C24H35FNO8P/c1-14-10-18-17-5-4-15-11-16(27)6-7-21(15,2)23(17,25)19(28)12-22(18,3)24(14,30)20(29)13-34-35(31,32)33-9-8-26/h6-7,11,14,17-19,28,30H,4-5,8-10,12-13,26H2,1-3H3,(H,31,32)/t14-,17+,18+,19+,21+,22+,23+,24+/m1/s1. The minimum atomic E-state index is -4.55. The number of aliphatic hydroxyl groups excluding tert-OH is 1. The third-order valence-corrected chi connectivity index (χ3v) is 10.3. The Morgan fingerprint density at radius 2 is 2.00 bits per heavy atom. The molecular weight excluding hydrogens is 480 g/mol. The summed E-state index contributed by atoms with van der Waals surface area (Å²) in [5.41, 5.74) is -0.564. The number of phosphoric ester groups is 1. The lowest BCUT2D eigenvalue weighted by Gasteiger charge is -2.62. The Morgan fingerprint density at radius 1 is 1.31 bits per heavy atom. The Balaban J connectivity index is 1.65. The van der Waals surface area contributed by atoms with Gasteiger partial charge in [-0.05, 0) is 56.6 Å². The van der Waals surface area contributed by atoms with Crippen molar-refractivity contribution in [2.24, 2.45) is 34.3 Å². The van der Waals surface area contributed by atoms with Crippen LogP contribution in [-0.4, -0.2) is 63.8 Å². The summed E-state index contributed by atoms with van der Waals surface area (Å²) in [4.78, 5) is 35.0. The summed E-state index contributed by atoms with van der Waals surface area (Å²) in [7, 11) is -4.55. The van der Waals surface area contributed by atoms with Crippen LogP contribution in [0.25, 0.3) is 0 Å². The van der Waals surface area contributed by atoms with Gasteiger partial charge in [0.25, 0.3) is 0 Å². The van der Waals surface area contributed by atoms with E-state index in [-0.39, 0.29) is 25.4 Å². The number of halogens is 1. The van der Waals surface area contributed by atoms with Gasteiger partial charge in [0.1, 0.15) is 12.2 Å². The number of nitrogens with two attached hydrogens (primary N) is 1. The van der Waals surface area contributed by atoms with Gasteiger partial charge in [-0.3, -0.25) is 18.6 Å². The van der Waals surface area contributed by atoms with E-state index in [0.29, 0.717) is 24.8 Å². The molecule has 0 aromatic carbocycles. The summed E-state index contributed by atoms with van der Waals surface area (Å²) < 4.78 is 38.6. The first kappa shape index (κ1) is 26.8. The Bertz CT molecular complexity index is 1030. The normalized spacial score (nSPS) is 46.3. The fourth-order valence-electron chi connectivity index (χ4n) is 7.60. The predicted octanol–water partition coefficient (Wildman–Crippen LogP) is 2.00. The first-order chi connectivity index (χ1) is 16.2. The molecule has 0 amide bonds. The lowest BCUT2D eigenvalue weighted by atomic mass is 9.44. The van der Waals surface area contributed by atoms with Gasteiger partial charge < -0.3 is 20.8 Å². The van der Waals surface area contributed by atoms with Crippen molar-refractivity contribution in [1.82, 2.24) is 0 Å². The van der Waals surface area contributed by atoms with Crippen LogP contribution in [0.1, 0.15) is 46.5 Å². The smallest absolute Gasteiger partial charge is 0.390 e. The largest absolute Gasteiger partial charge is 0.472 e. The van der Waals surface area contributed by atoms with E-state index in [4.69, 9.17) is 10.3 Å². The minimum absolute atomic E-state index is 0.0218. The molecule has 4 rings (SSSR count). The van der Waals surface area contributed by atoms with E-state index < -0.39 is 66.2 Å². The molecule has 5 N–H and O–H groups in total. The van der Waals surface area contributed by atoms with E-state index in [9.17, 15) is 29.3 Å². The summed E-state index contributed by atoms with van der Waals surface area (Å²) in [5.74, 6) is -2.75. The molecule has 0 aliphatic heterocycles. The summed E-state index contributed by atoms with van der Waals surface area (Å²) in [6.07, 6.45) is 3.80. The van der Waals surface area contributed by atoms with E-state index in [0.717, 1.165) is 0 Å². The maximum absolute atomic E-state index is 17.1. The monoisotopic (exact) mass is 515 g/mol. The number of allylic oxidation sites excluding steroid dienone is 4. The molecule has 4 aliphatic carbocycles. The molecule has 3 saturated carbocycles. The van der Waals surface area contributed by atoms with Crippen LogP contribution in [-0.2, 0) is 23.2 Å². The van der Waals surface area contributed by atoms with E-state index in [1.165, 1.54) is 12.2 Å². The van der Waals surface area contributed by atoms with Gasteiger partial charge in [-0.25, -0.2) is 8.96 Å². The van der Waals surface area contributed by atoms with Gasteiger partial charge >= 0.3 is 7.82 Å². The number of aliphatic hydroxyl groups is 2. The number of Topliss-reactive ketones (excluding diaryl/α,β-unsaturated/α-hetero) is 1. The molecule has 9 nitrogen and oxygen atoms in total. The van der Waals surface area contributed by atoms with Crippen LogP contribution >= 0.6 is 7.82 Å². The van der Waals surface area contributed by atoms with Crippen molar-refractivity contribution in [2.75, 3.05) is 19.8 Å². The average molecular weight is 516 g/mol. The SMILES string of the molecule is C[C@@H]1C[C@H]2[C@@H]3CCC4=CC(=O)C=C[C@]4(C)[C@@]3(F)[C@@H](O)C[C@]2(C)[C@@]1(O)C(=O)COP(=O)(O)OCCN. The van der Waals surface area contributed by atoms with Crippen molar-refractivity contribution < 1.29 is 42.7 Å². The Kier molecular flexibility index (Phi) is 6.62. The number of hydrogen-bond acceptors (Lipinski definition) is 8. The van der Waals surface area contributed by atoms with Gasteiger partial charge in [0, 0.05) is 23.3 Å². The zero-order valence-electron chi connectivity index (χ0n) is 20.3. The maximum atomic E-state index is 17.1. The van der Waals surface area contributed by atoms with Crippen LogP contribution in [0, 0.1) is 28.6 Å². The predicted molar refractivity (Wildman–Crippen MR) is 124 cm³/mol. The number of alkyl halides is 1. The number of fused-ring (bicyclic) bond motifs is 5. The molecule has 0 radical (unpaired) electrons. The fourth-order valence-corrected chi connectivity index (χ4v) is 8.29. The molecule has 0 aromatic rings. The molecule has 0 spiro atoms. The van der Waals surface area contributed by atoms with Crippen LogP contribution < -0.4 is 5.73 Å². The van der Waals surface area contributed by atoms with E-state index in [1.54, 1.807) is 26.8 Å². The van der Waals surface area contributed by atoms with E-state index >= 15 is 4.39 Å². The summed E-state index contributed by atoms with van der Waals surface area (Å²) in [6, 6.07) is 0. The van der Waals surface area contributed by atoms with Crippen LogP contribution in [0.4, 0.5) is 4.39 Å². The van der Waals surface area contributed by atoms with Gasteiger partial charge in [-0.15, -0.1) is 0 Å². The molecule has 0 bridgehead atoms. The average Bonchev–Trinajstić information content (AvgIpc) is 2.99. The molecule has 3 fully saturated rings. The second-order valence-electron chi connectivity index (χ2n) is 11.0. The first-order valence-electron chi connectivity index (χ1n) is 12.1. The highest BCUT2D eigenvalue weighted by Crippen LogP contribution is 2.70. The number of carbonyl (C=O) groups excluding carboxylic acids is 2. The minimum Gasteiger partial charge on any atom is -0.390 e. The van der Waals surface area contributed by atoms with Crippen molar-refractivity contribution in [2.45, 2.75) is 63.8 Å². The molecular formula is C24H35FNO8P. The van der Waals surface area contributed by atoms with Crippen LogP contribution in [0.2, 0.25) is 0 Å². The quantitative estimate of drug-likeness (QED) is 0.372. The van der Waals surface area contributed by atoms with Gasteiger partial charge in [0.15, 0.2) is 17.2 Å². The Hall–Kier alpha value is -1.26. The molecule has 9 atom stereocenters. The number of rotatable bonds is 7. The second kappa shape index (κ2) is 8.65. The van der Waals surface area contributed by atoms with E-state index in [1.807, 2.05) is 0 Å². The number of phosphoric acid groups is 1. The number of hydrogen-bond donors (Lipinski definition) is 4. The zero-order chi connectivity index (χ0) is 26.0. The topological polar surface area (TPSA) is 156 Å². The maximum Gasteiger partial charge on any atom is 0.472 e. The van der Waals surface area contributed by atoms with Crippen LogP contribution in [0.3, 0.4) is 0 Å². The highest BCUT2D eigenvalue weighted by atomic mass is 31.2. The van der Waals surface area contributed by atoms with Crippen molar-refractivity contribution in [3.63, 3.8) is 0 Å². The summed E-state index contributed by atoms with van der Waals surface area (Å²) in [5, 5.41) is 23.1. The fraction of sp³-hybridized carbons (Fsp3) is 0.750. The number of carbonyl (C=O) groups is 2. The van der Waals surface area contributed by atoms with Gasteiger partial charge in [-0.2, -0.15) is 0 Å². The molecule has 11 heteroatoms. The van der Waals surface area contributed by atoms with Gasteiger partial charge in [-0.1, -0.05) is 25.5 Å². The molecule has 35 heavy (non-hydrogen) atoms. The van der Waals surface area contributed by atoms with Crippen LogP contribution in [0.15, 0.2) is 23.8 Å². The van der Waals surface area contributed by atoms with E-state index in [2.05, 4.69) is 4.52 Å². The lowest BCUT2D eigenvalue weighted by Crippen LogP contribution is -2.69. The third kappa shape index (κ3) is 3.68. The van der Waals surface area contributed by atoms with Gasteiger partial charge in [0.05, 0.1) is 12.7 Å². The van der Waals surface area contributed by atoms with Crippen molar-refractivity contribution in [3.8, 4) is 0 Å². The molecule has 0 saturated heterocycles. The Morgan fingerprint density at radius 3 is 2.66 bits per heavy atom. The number of ketones is 2. The second-order valence-corrected chi connectivity index (χ2v) is 12.4. The molecule has 0 heterocycles. The molecule has 4 aliphatic rings.